The lowest BCUT2D eigenvalue weighted by molar-refractivity contribution is 0.102. The van der Waals surface area contributed by atoms with Crippen molar-refractivity contribution < 1.29 is 9.53 Å². The van der Waals surface area contributed by atoms with Crippen molar-refractivity contribution in [1.29, 1.82) is 0 Å². The van der Waals surface area contributed by atoms with E-state index in [1.807, 2.05) is 29.6 Å². The quantitative estimate of drug-likeness (QED) is 0.508. The molecule has 2 aromatic heterocycles. The van der Waals surface area contributed by atoms with Crippen LogP contribution in [0.2, 0.25) is 5.02 Å². The van der Waals surface area contributed by atoms with Gasteiger partial charge in [-0.1, -0.05) is 41.7 Å². The maximum absolute atomic E-state index is 12.5. The van der Waals surface area contributed by atoms with E-state index in [1.54, 1.807) is 30.3 Å². The Labute approximate surface area is 188 Å². The molecule has 0 radical (unpaired) electrons. The van der Waals surface area contributed by atoms with Gasteiger partial charge in [0, 0.05) is 29.1 Å². The minimum atomic E-state index is -0.310. The lowest BCUT2D eigenvalue weighted by Gasteiger charge is -2.30. The largest absolute Gasteiger partial charge is 0.489 e. The number of ether oxygens (including phenoxy) is 1. The fourth-order valence-corrected chi connectivity index (χ4v) is 4.71. The van der Waals surface area contributed by atoms with Crippen molar-refractivity contribution in [2.75, 3.05) is 24.7 Å². The van der Waals surface area contributed by atoms with E-state index in [-0.39, 0.29) is 12.0 Å². The molecule has 156 valence electrons. The minimum Gasteiger partial charge on any atom is -0.489 e. The van der Waals surface area contributed by atoms with Crippen molar-refractivity contribution in [3.8, 4) is 17.0 Å². The Morgan fingerprint density at radius 3 is 2.77 bits per heavy atom. The van der Waals surface area contributed by atoms with Crippen LogP contribution in [0.3, 0.4) is 0 Å². The molecule has 1 amide bonds. The highest BCUT2D eigenvalue weighted by Crippen LogP contribution is 2.30. The Morgan fingerprint density at radius 2 is 2.07 bits per heavy atom. The molecule has 4 rings (SSSR count). The molecule has 0 bridgehead atoms. The summed E-state index contributed by atoms with van der Waals surface area (Å²) in [6.07, 6.45) is 5.86. The summed E-state index contributed by atoms with van der Waals surface area (Å²) in [6, 6.07) is 10.9. The molecule has 6 nitrogen and oxygen atoms in total. The number of nitrogens with zero attached hydrogens (tertiary/aromatic N) is 3. The van der Waals surface area contributed by atoms with Gasteiger partial charge in [0.15, 0.2) is 5.13 Å². The van der Waals surface area contributed by atoms with E-state index in [9.17, 15) is 4.79 Å². The second-order valence-corrected chi connectivity index (χ2v) is 8.93. The normalized spacial score (nSPS) is 15.1. The highest BCUT2D eigenvalue weighted by Gasteiger charge is 2.20. The number of carbonyl (C=O) groups excluding carboxylic acids is 1. The SMILES string of the molecule is CSN1CCC(Oc2ccc(C(=O)Nc3nc(-c4ccccc4Cl)cs3)nc2)CC1. The molecule has 1 N–H and O–H groups in total. The van der Waals surface area contributed by atoms with Gasteiger partial charge < -0.3 is 4.74 Å². The fourth-order valence-electron chi connectivity index (χ4n) is 3.19. The monoisotopic (exact) mass is 460 g/mol. The van der Waals surface area contributed by atoms with E-state index in [0.29, 0.717) is 21.6 Å². The van der Waals surface area contributed by atoms with Crippen LogP contribution in [-0.4, -0.2) is 45.6 Å². The lowest BCUT2D eigenvalue weighted by Crippen LogP contribution is -2.34. The first kappa shape index (κ1) is 21.1. The summed E-state index contributed by atoms with van der Waals surface area (Å²) in [5, 5.41) is 5.78. The minimum absolute atomic E-state index is 0.188. The van der Waals surface area contributed by atoms with Gasteiger partial charge in [0.25, 0.3) is 5.91 Å². The summed E-state index contributed by atoms with van der Waals surface area (Å²) in [4.78, 5) is 21.2. The van der Waals surface area contributed by atoms with Crippen LogP contribution in [0.25, 0.3) is 11.3 Å². The summed E-state index contributed by atoms with van der Waals surface area (Å²) >= 11 is 9.34. The number of halogens is 1. The van der Waals surface area contributed by atoms with E-state index >= 15 is 0 Å². The van der Waals surface area contributed by atoms with Crippen LogP contribution in [0.4, 0.5) is 5.13 Å². The second kappa shape index (κ2) is 9.78. The van der Waals surface area contributed by atoms with Crippen LogP contribution < -0.4 is 10.1 Å². The number of nitrogens with one attached hydrogen (secondary N) is 1. The molecule has 0 atom stereocenters. The molecule has 1 aliphatic rings. The van der Waals surface area contributed by atoms with Gasteiger partial charge in [0.2, 0.25) is 0 Å². The number of rotatable bonds is 6. The first-order chi connectivity index (χ1) is 14.6. The number of carbonyl (C=O) groups is 1. The molecule has 30 heavy (non-hydrogen) atoms. The van der Waals surface area contributed by atoms with Crippen LogP contribution in [0.5, 0.6) is 5.75 Å². The molecular formula is C21H21ClN4O2S2. The molecule has 3 aromatic rings. The van der Waals surface area contributed by atoms with E-state index in [4.69, 9.17) is 16.3 Å². The van der Waals surface area contributed by atoms with Crippen molar-refractivity contribution in [2.45, 2.75) is 18.9 Å². The van der Waals surface area contributed by atoms with Crippen LogP contribution in [0.1, 0.15) is 23.3 Å². The van der Waals surface area contributed by atoms with E-state index in [1.165, 1.54) is 11.3 Å². The van der Waals surface area contributed by atoms with Crippen LogP contribution in [0.15, 0.2) is 48.0 Å². The lowest BCUT2D eigenvalue weighted by atomic mass is 10.1. The number of benzene rings is 1. The molecule has 0 saturated carbocycles. The average Bonchev–Trinajstić information content (AvgIpc) is 3.23. The number of amides is 1. The van der Waals surface area contributed by atoms with Crippen LogP contribution in [0, 0.1) is 0 Å². The summed E-state index contributed by atoms with van der Waals surface area (Å²) in [6.45, 7) is 2.04. The molecular weight excluding hydrogens is 440 g/mol. The smallest absolute Gasteiger partial charge is 0.276 e. The molecule has 0 spiro atoms. The van der Waals surface area contributed by atoms with Gasteiger partial charge in [-0.3, -0.25) is 14.4 Å². The molecule has 9 heteroatoms. The third-order valence-corrected chi connectivity index (χ3v) is 6.77. The summed E-state index contributed by atoms with van der Waals surface area (Å²) < 4.78 is 8.35. The molecule has 1 fully saturated rings. The number of thiazole rings is 1. The predicted octanol–water partition coefficient (Wildman–Crippen LogP) is 5.23. The van der Waals surface area contributed by atoms with Crippen molar-refractivity contribution in [2.24, 2.45) is 0 Å². The number of pyridine rings is 1. The van der Waals surface area contributed by atoms with Gasteiger partial charge in [-0.25, -0.2) is 9.97 Å². The summed E-state index contributed by atoms with van der Waals surface area (Å²) in [7, 11) is 0. The van der Waals surface area contributed by atoms with E-state index < -0.39 is 0 Å². The molecule has 1 aliphatic heterocycles. The maximum atomic E-state index is 12.5. The highest BCUT2D eigenvalue weighted by atomic mass is 35.5. The van der Waals surface area contributed by atoms with Crippen molar-refractivity contribution >= 4 is 45.9 Å². The molecule has 3 heterocycles. The number of hydrogen-bond donors (Lipinski definition) is 1. The Hall–Kier alpha value is -2.13. The molecule has 0 aliphatic carbocycles. The van der Waals surface area contributed by atoms with Gasteiger partial charge in [-0.2, -0.15) is 0 Å². The zero-order valence-electron chi connectivity index (χ0n) is 16.4. The predicted molar refractivity (Wildman–Crippen MR) is 123 cm³/mol. The fraction of sp³-hybridized carbons (Fsp3) is 0.286. The molecule has 1 saturated heterocycles. The second-order valence-electron chi connectivity index (χ2n) is 6.78. The molecule has 0 unspecified atom stereocenters. The Morgan fingerprint density at radius 1 is 1.27 bits per heavy atom. The Kier molecular flexibility index (Phi) is 6.89. The first-order valence-corrected chi connectivity index (χ1v) is 12.0. The number of piperidine rings is 1. The maximum Gasteiger partial charge on any atom is 0.276 e. The van der Waals surface area contributed by atoms with Gasteiger partial charge in [0.1, 0.15) is 17.5 Å². The third kappa shape index (κ3) is 5.13. The van der Waals surface area contributed by atoms with E-state index in [2.05, 4.69) is 25.8 Å². The zero-order chi connectivity index (χ0) is 20.9. The average molecular weight is 461 g/mol. The number of aromatic nitrogens is 2. The number of hydrogen-bond acceptors (Lipinski definition) is 7. The third-order valence-electron chi connectivity index (χ3n) is 4.81. The Balaban J connectivity index is 1.35. The van der Waals surface area contributed by atoms with E-state index in [0.717, 1.165) is 37.2 Å². The van der Waals surface area contributed by atoms with Crippen molar-refractivity contribution in [3.05, 3.63) is 58.7 Å². The van der Waals surface area contributed by atoms with Gasteiger partial charge in [-0.15, -0.1) is 11.3 Å². The van der Waals surface area contributed by atoms with Gasteiger partial charge in [0.05, 0.1) is 11.9 Å². The van der Waals surface area contributed by atoms with Crippen molar-refractivity contribution in [3.63, 3.8) is 0 Å². The standard InChI is InChI=1S/C21H21ClN4O2S2/c1-29-26-10-8-14(9-11-26)28-15-6-7-18(23-12-15)20(27)25-21-24-19(13-30-21)16-4-2-3-5-17(16)22/h2-7,12-14H,8-11H2,1H3,(H,24,25,27). The zero-order valence-corrected chi connectivity index (χ0v) is 18.8. The van der Waals surface area contributed by atoms with Gasteiger partial charge in [-0.05, 0) is 37.3 Å². The van der Waals surface area contributed by atoms with Crippen LogP contribution in [-0.2, 0) is 0 Å². The summed E-state index contributed by atoms with van der Waals surface area (Å²) in [5.74, 6) is 0.374. The first-order valence-electron chi connectivity index (χ1n) is 9.56. The Bertz CT molecular complexity index is 1000. The molecule has 1 aromatic carbocycles. The van der Waals surface area contributed by atoms with Crippen LogP contribution >= 0.6 is 34.9 Å². The topological polar surface area (TPSA) is 67.3 Å². The van der Waals surface area contributed by atoms with Crippen molar-refractivity contribution in [1.82, 2.24) is 14.3 Å². The highest BCUT2D eigenvalue weighted by molar-refractivity contribution is 7.96. The van der Waals surface area contributed by atoms with Gasteiger partial charge >= 0.3 is 0 Å². The summed E-state index contributed by atoms with van der Waals surface area (Å²) in [5.41, 5.74) is 1.87. The number of anilines is 1.